The fourth-order valence-corrected chi connectivity index (χ4v) is 3.81. The van der Waals surface area contributed by atoms with E-state index in [9.17, 15) is 4.39 Å². The molecular weight excluding hydrogens is 389 g/mol. The number of halogens is 2. The molecule has 0 amide bonds. The van der Waals surface area contributed by atoms with Crippen molar-refractivity contribution in [2.45, 2.75) is 6.54 Å². The molecule has 0 fully saturated rings. The van der Waals surface area contributed by atoms with Crippen LogP contribution in [0.5, 0.6) is 0 Å². The fourth-order valence-electron chi connectivity index (χ4n) is 2.75. The topological polar surface area (TPSA) is 22.8 Å². The van der Waals surface area contributed by atoms with Gasteiger partial charge in [-0.2, -0.15) is 0 Å². The van der Waals surface area contributed by atoms with Gasteiger partial charge in [-0.15, -0.1) is 11.3 Å². The summed E-state index contributed by atoms with van der Waals surface area (Å²) < 4.78 is 17.9. The maximum atomic E-state index is 13.4. The fraction of sp³-hybridized carbons (Fsp3) is 0.0526. The Morgan fingerprint density at radius 1 is 1.08 bits per heavy atom. The van der Waals surface area contributed by atoms with Crippen LogP contribution < -0.4 is 0 Å². The third kappa shape index (κ3) is 3.35. The number of hydrogen-bond donors (Lipinski definition) is 0. The van der Waals surface area contributed by atoms with Crippen LogP contribution in [0.15, 0.2) is 66.3 Å². The number of imidazole rings is 1. The SMILES string of the molecule is Fc1ccc(-c2cn(Cc3nccs3)c(=S)n2-c2ccc(Cl)cc2)cc1. The molecule has 3 nitrogen and oxygen atoms in total. The third-order valence-corrected chi connectivity index (χ3v) is 5.40. The first-order valence-electron chi connectivity index (χ1n) is 7.84. The van der Waals surface area contributed by atoms with E-state index in [1.165, 1.54) is 12.1 Å². The zero-order valence-corrected chi connectivity index (χ0v) is 15.9. The Labute approximate surface area is 164 Å². The third-order valence-electron chi connectivity index (χ3n) is 3.97. The van der Waals surface area contributed by atoms with Crippen molar-refractivity contribution in [2.24, 2.45) is 0 Å². The first-order valence-corrected chi connectivity index (χ1v) is 9.51. The highest BCUT2D eigenvalue weighted by atomic mass is 35.5. The van der Waals surface area contributed by atoms with E-state index in [2.05, 4.69) is 4.98 Å². The minimum absolute atomic E-state index is 0.271. The summed E-state index contributed by atoms with van der Waals surface area (Å²) in [6.45, 7) is 0.589. The van der Waals surface area contributed by atoms with E-state index in [0.717, 1.165) is 22.0 Å². The van der Waals surface area contributed by atoms with E-state index in [0.29, 0.717) is 16.3 Å². The largest absolute Gasteiger partial charge is 0.316 e. The lowest BCUT2D eigenvalue weighted by atomic mass is 10.1. The van der Waals surface area contributed by atoms with Gasteiger partial charge >= 0.3 is 0 Å². The van der Waals surface area contributed by atoms with Gasteiger partial charge in [0.25, 0.3) is 0 Å². The van der Waals surface area contributed by atoms with Crippen LogP contribution in [0.1, 0.15) is 5.01 Å². The molecule has 0 bridgehead atoms. The number of aromatic nitrogens is 3. The highest BCUT2D eigenvalue weighted by Gasteiger charge is 2.13. The Bertz CT molecular complexity index is 1080. The summed E-state index contributed by atoms with van der Waals surface area (Å²) in [7, 11) is 0. The summed E-state index contributed by atoms with van der Waals surface area (Å²) in [5.41, 5.74) is 2.66. The van der Waals surface area contributed by atoms with Gasteiger partial charge in [0.2, 0.25) is 0 Å². The standard InChI is InChI=1S/C19H13ClFN3S2/c20-14-3-7-16(8-4-14)24-17(13-1-5-15(21)6-2-13)11-23(19(24)25)12-18-22-9-10-26-18/h1-11H,12H2. The quantitative estimate of drug-likeness (QED) is 0.393. The van der Waals surface area contributed by atoms with Gasteiger partial charge in [0, 0.05) is 34.0 Å². The molecule has 0 aliphatic rings. The molecule has 7 heteroatoms. The Kier molecular flexibility index (Phi) is 4.72. The molecule has 0 radical (unpaired) electrons. The minimum atomic E-state index is -0.271. The molecule has 0 unspecified atom stereocenters. The molecule has 4 rings (SSSR count). The van der Waals surface area contributed by atoms with E-state index >= 15 is 0 Å². The Morgan fingerprint density at radius 3 is 2.46 bits per heavy atom. The van der Waals surface area contributed by atoms with E-state index < -0.39 is 0 Å². The average Bonchev–Trinajstić information content (AvgIpc) is 3.26. The van der Waals surface area contributed by atoms with Crippen molar-refractivity contribution in [1.29, 1.82) is 0 Å². The van der Waals surface area contributed by atoms with Gasteiger partial charge in [-0.05, 0) is 60.7 Å². The van der Waals surface area contributed by atoms with Crippen LogP contribution in [0.2, 0.25) is 5.02 Å². The molecule has 0 N–H and O–H groups in total. The molecule has 0 saturated heterocycles. The van der Waals surface area contributed by atoms with Crippen molar-refractivity contribution in [2.75, 3.05) is 0 Å². The molecule has 2 aromatic carbocycles. The zero-order chi connectivity index (χ0) is 18.1. The number of thiazole rings is 1. The number of hydrogen-bond acceptors (Lipinski definition) is 3. The summed E-state index contributed by atoms with van der Waals surface area (Å²) in [6.07, 6.45) is 3.76. The van der Waals surface area contributed by atoms with E-state index in [1.54, 1.807) is 29.7 Å². The van der Waals surface area contributed by atoms with E-state index in [-0.39, 0.29) is 5.82 Å². The molecule has 0 saturated carbocycles. The molecular formula is C19H13ClFN3S2. The van der Waals surface area contributed by atoms with Gasteiger partial charge in [-0.25, -0.2) is 9.37 Å². The molecule has 4 aromatic rings. The van der Waals surface area contributed by atoms with E-state index in [4.69, 9.17) is 23.8 Å². The number of nitrogens with zero attached hydrogens (tertiary/aromatic N) is 3. The second-order valence-electron chi connectivity index (χ2n) is 5.67. The summed E-state index contributed by atoms with van der Waals surface area (Å²) in [4.78, 5) is 4.34. The van der Waals surface area contributed by atoms with Crippen LogP contribution in [0.3, 0.4) is 0 Å². The lowest BCUT2D eigenvalue weighted by Gasteiger charge is -2.09. The van der Waals surface area contributed by atoms with Gasteiger partial charge in [0.05, 0.1) is 12.2 Å². The summed E-state index contributed by atoms with van der Waals surface area (Å²) in [6, 6.07) is 13.9. The number of benzene rings is 2. The summed E-state index contributed by atoms with van der Waals surface area (Å²) in [5, 5.41) is 3.57. The maximum Gasteiger partial charge on any atom is 0.185 e. The summed E-state index contributed by atoms with van der Waals surface area (Å²) in [5.74, 6) is -0.271. The number of rotatable bonds is 4. The monoisotopic (exact) mass is 401 g/mol. The average molecular weight is 402 g/mol. The van der Waals surface area contributed by atoms with Gasteiger partial charge < -0.3 is 4.57 Å². The molecule has 0 spiro atoms. The van der Waals surface area contributed by atoms with Gasteiger partial charge in [0.1, 0.15) is 10.8 Å². The first-order chi connectivity index (χ1) is 12.6. The first kappa shape index (κ1) is 17.1. The van der Waals surface area contributed by atoms with Crippen molar-refractivity contribution >= 4 is 35.2 Å². The van der Waals surface area contributed by atoms with Crippen molar-refractivity contribution in [3.63, 3.8) is 0 Å². The smallest absolute Gasteiger partial charge is 0.185 e. The second-order valence-corrected chi connectivity index (χ2v) is 7.45. The minimum Gasteiger partial charge on any atom is -0.316 e. The highest BCUT2D eigenvalue weighted by molar-refractivity contribution is 7.71. The second kappa shape index (κ2) is 7.15. The molecule has 130 valence electrons. The van der Waals surface area contributed by atoms with Gasteiger partial charge in [0.15, 0.2) is 4.77 Å². The van der Waals surface area contributed by atoms with Crippen molar-refractivity contribution in [3.8, 4) is 16.9 Å². The zero-order valence-electron chi connectivity index (χ0n) is 13.5. The molecule has 2 aromatic heterocycles. The Balaban J connectivity index is 1.89. The van der Waals surface area contributed by atoms with Crippen LogP contribution in [0, 0.1) is 10.6 Å². The molecule has 0 aliphatic heterocycles. The van der Waals surface area contributed by atoms with Crippen molar-refractivity contribution < 1.29 is 4.39 Å². The van der Waals surface area contributed by atoms with Gasteiger partial charge in [-0.3, -0.25) is 4.57 Å². The predicted molar refractivity (Wildman–Crippen MR) is 106 cm³/mol. The summed E-state index contributed by atoms with van der Waals surface area (Å²) >= 11 is 13.3. The normalized spacial score (nSPS) is 11.0. The van der Waals surface area contributed by atoms with E-state index in [1.807, 2.05) is 45.0 Å². The predicted octanol–water partition coefficient (Wildman–Crippen LogP) is 5.97. The van der Waals surface area contributed by atoms with Crippen molar-refractivity contribution in [3.05, 3.63) is 86.9 Å². The molecule has 0 aliphatic carbocycles. The Hall–Kier alpha value is -2.28. The van der Waals surface area contributed by atoms with Crippen LogP contribution >= 0.6 is 35.2 Å². The van der Waals surface area contributed by atoms with Gasteiger partial charge in [-0.1, -0.05) is 11.6 Å². The molecule has 26 heavy (non-hydrogen) atoms. The van der Waals surface area contributed by atoms with Crippen LogP contribution in [0.4, 0.5) is 4.39 Å². The highest BCUT2D eigenvalue weighted by Crippen LogP contribution is 2.27. The lowest BCUT2D eigenvalue weighted by molar-refractivity contribution is 0.628. The molecule has 2 heterocycles. The molecule has 0 atom stereocenters. The lowest BCUT2D eigenvalue weighted by Crippen LogP contribution is -2.01. The Morgan fingerprint density at radius 2 is 1.81 bits per heavy atom. The van der Waals surface area contributed by atoms with Crippen LogP contribution in [-0.4, -0.2) is 14.1 Å². The maximum absolute atomic E-state index is 13.4. The van der Waals surface area contributed by atoms with Crippen molar-refractivity contribution in [1.82, 2.24) is 14.1 Å². The van der Waals surface area contributed by atoms with Crippen LogP contribution in [0.25, 0.3) is 16.9 Å². The van der Waals surface area contributed by atoms with Crippen LogP contribution in [-0.2, 0) is 6.54 Å².